The van der Waals surface area contributed by atoms with E-state index in [9.17, 15) is 4.39 Å². The molecule has 0 saturated heterocycles. The molecule has 86 valence electrons. The summed E-state index contributed by atoms with van der Waals surface area (Å²) < 4.78 is 14.6. The maximum Gasteiger partial charge on any atom is 0.123 e. The van der Waals surface area contributed by atoms with E-state index in [4.69, 9.17) is 6.42 Å². The lowest BCUT2D eigenvalue weighted by Crippen LogP contribution is -2.01. The lowest BCUT2D eigenvalue weighted by molar-refractivity contribution is 0.587. The summed E-state index contributed by atoms with van der Waals surface area (Å²) in [4.78, 5) is 0. The van der Waals surface area contributed by atoms with Crippen molar-refractivity contribution in [3.8, 4) is 23.6 Å². The van der Waals surface area contributed by atoms with Crippen LogP contribution in [-0.4, -0.2) is 15.0 Å². The van der Waals surface area contributed by atoms with Crippen LogP contribution in [0.25, 0.3) is 11.3 Å². The summed E-state index contributed by atoms with van der Waals surface area (Å²) in [7, 11) is 0. The molecule has 0 spiro atoms. The second-order valence-corrected chi connectivity index (χ2v) is 3.71. The summed E-state index contributed by atoms with van der Waals surface area (Å²) >= 11 is 0. The highest BCUT2D eigenvalue weighted by Crippen LogP contribution is 2.20. The van der Waals surface area contributed by atoms with Crippen molar-refractivity contribution >= 4 is 0 Å². The molecule has 0 amide bonds. The Kier molecular flexibility index (Phi) is 3.20. The average molecular weight is 229 g/mol. The first-order valence-corrected chi connectivity index (χ1v) is 5.32. The van der Waals surface area contributed by atoms with Crippen LogP contribution in [0.5, 0.6) is 0 Å². The smallest absolute Gasteiger partial charge is 0.123 e. The first kappa shape index (κ1) is 11.3. The van der Waals surface area contributed by atoms with Gasteiger partial charge in [0.1, 0.15) is 11.5 Å². The molecule has 0 saturated carbocycles. The molecule has 2 aromatic rings. The van der Waals surface area contributed by atoms with Gasteiger partial charge in [0.15, 0.2) is 0 Å². The molecule has 0 radical (unpaired) electrons. The molecular formula is C13H12FN3. The Hall–Kier alpha value is -2.15. The van der Waals surface area contributed by atoms with Gasteiger partial charge in [0.25, 0.3) is 0 Å². The van der Waals surface area contributed by atoms with Crippen LogP contribution in [-0.2, 0) is 6.54 Å². The van der Waals surface area contributed by atoms with Gasteiger partial charge in [0.2, 0.25) is 0 Å². The van der Waals surface area contributed by atoms with E-state index in [2.05, 4.69) is 16.2 Å². The van der Waals surface area contributed by atoms with E-state index in [1.807, 2.05) is 6.92 Å². The molecule has 0 aliphatic carbocycles. The van der Waals surface area contributed by atoms with Gasteiger partial charge in [-0.05, 0) is 31.2 Å². The van der Waals surface area contributed by atoms with Gasteiger partial charge >= 0.3 is 0 Å². The SMILES string of the molecule is C#CCCn1nnc(-c2ccc(F)cc2)c1C. The standard InChI is InChI=1S/C13H12FN3/c1-3-4-9-17-10(2)13(15-16-17)11-5-7-12(14)8-6-11/h1,5-8H,4,9H2,2H3. The molecule has 0 unspecified atom stereocenters. The fourth-order valence-corrected chi connectivity index (χ4v) is 1.62. The van der Waals surface area contributed by atoms with Gasteiger partial charge in [0.05, 0.1) is 12.2 Å². The minimum absolute atomic E-state index is 0.258. The van der Waals surface area contributed by atoms with Crippen LogP contribution in [0.4, 0.5) is 4.39 Å². The third-order valence-corrected chi connectivity index (χ3v) is 2.57. The van der Waals surface area contributed by atoms with Crippen LogP contribution in [0.15, 0.2) is 24.3 Å². The van der Waals surface area contributed by atoms with E-state index in [1.54, 1.807) is 16.8 Å². The highest BCUT2D eigenvalue weighted by molar-refractivity contribution is 5.60. The molecule has 1 aromatic heterocycles. The summed E-state index contributed by atoms with van der Waals surface area (Å²) in [5.74, 6) is 2.30. The van der Waals surface area contributed by atoms with Gasteiger partial charge in [-0.25, -0.2) is 9.07 Å². The monoisotopic (exact) mass is 229 g/mol. The fraction of sp³-hybridized carbons (Fsp3) is 0.231. The predicted molar refractivity (Wildman–Crippen MR) is 63.6 cm³/mol. The molecule has 0 aliphatic heterocycles. The van der Waals surface area contributed by atoms with E-state index < -0.39 is 0 Å². The molecule has 4 heteroatoms. The van der Waals surface area contributed by atoms with Crippen molar-refractivity contribution < 1.29 is 4.39 Å². The Morgan fingerprint density at radius 1 is 1.35 bits per heavy atom. The Balaban J connectivity index is 2.31. The number of terminal acetylenes is 1. The highest BCUT2D eigenvalue weighted by Gasteiger charge is 2.09. The first-order valence-electron chi connectivity index (χ1n) is 5.32. The Morgan fingerprint density at radius 3 is 2.71 bits per heavy atom. The Morgan fingerprint density at radius 2 is 2.06 bits per heavy atom. The van der Waals surface area contributed by atoms with Crippen molar-refractivity contribution in [2.75, 3.05) is 0 Å². The van der Waals surface area contributed by atoms with Crippen molar-refractivity contribution in [2.45, 2.75) is 19.9 Å². The molecule has 0 N–H and O–H groups in total. The van der Waals surface area contributed by atoms with Gasteiger partial charge in [-0.2, -0.15) is 0 Å². The van der Waals surface area contributed by atoms with E-state index >= 15 is 0 Å². The van der Waals surface area contributed by atoms with Crippen molar-refractivity contribution in [1.29, 1.82) is 0 Å². The van der Waals surface area contributed by atoms with Crippen LogP contribution < -0.4 is 0 Å². The van der Waals surface area contributed by atoms with Crippen molar-refractivity contribution in [3.05, 3.63) is 35.8 Å². The lowest BCUT2D eigenvalue weighted by atomic mass is 10.1. The van der Waals surface area contributed by atoms with Crippen LogP contribution in [0.3, 0.4) is 0 Å². The molecule has 1 heterocycles. The number of rotatable bonds is 3. The first-order chi connectivity index (χ1) is 8.22. The topological polar surface area (TPSA) is 30.7 Å². The zero-order valence-corrected chi connectivity index (χ0v) is 9.52. The van der Waals surface area contributed by atoms with E-state index in [0.29, 0.717) is 13.0 Å². The van der Waals surface area contributed by atoms with Gasteiger partial charge in [-0.15, -0.1) is 17.4 Å². The van der Waals surface area contributed by atoms with E-state index in [-0.39, 0.29) is 5.82 Å². The average Bonchev–Trinajstić information content (AvgIpc) is 2.69. The summed E-state index contributed by atoms with van der Waals surface area (Å²) in [5.41, 5.74) is 2.56. The number of aryl methyl sites for hydroxylation is 1. The van der Waals surface area contributed by atoms with Crippen LogP contribution in [0, 0.1) is 25.1 Å². The van der Waals surface area contributed by atoms with Crippen LogP contribution >= 0.6 is 0 Å². The van der Waals surface area contributed by atoms with Crippen LogP contribution in [0.1, 0.15) is 12.1 Å². The lowest BCUT2D eigenvalue weighted by Gasteiger charge is -2.01. The molecule has 0 bridgehead atoms. The van der Waals surface area contributed by atoms with E-state index in [0.717, 1.165) is 17.0 Å². The number of hydrogen-bond donors (Lipinski definition) is 0. The Bertz CT molecular complexity index is 549. The molecule has 3 nitrogen and oxygen atoms in total. The summed E-state index contributed by atoms with van der Waals surface area (Å²) in [6.45, 7) is 2.58. The summed E-state index contributed by atoms with van der Waals surface area (Å²) in [6, 6.07) is 6.21. The normalized spacial score (nSPS) is 10.2. The zero-order chi connectivity index (χ0) is 12.3. The number of aromatic nitrogens is 3. The summed E-state index contributed by atoms with van der Waals surface area (Å²) in [6.07, 6.45) is 5.83. The number of halogens is 1. The second kappa shape index (κ2) is 4.79. The molecule has 2 rings (SSSR count). The predicted octanol–water partition coefficient (Wildman–Crippen LogP) is 2.42. The minimum atomic E-state index is -0.258. The number of nitrogens with zero attached hydrogens (tertiary/aromatic N) is 3. The Labute approximate surface area is 99.3 Å². The molecule has 1 aromatic carbocycles. The molecular weight excluding hydrogens is 217 g/mol. The van der Waals surface area contributed by atoms with Crippen molar-refractivity contribution in [2.24, 2.45) is 0 Å². The molecule has 0 fully saturated rings. The van der Waals surface area contributed by atoms with Gasteiger partial charge in [-0.1, -0.05) is 5.21 Å². The molecule has 17 heavy (non-hydrogen) atoms. The number of hydrogen-bond acceptors (Lipinski definition) is 2. The largest absolute Gasteiger partial charge is 0.248 e. The second-order valence-electron chi connectivity index (χ2n) is 3.71. The molecule has 0 atom stereocenters. The zero-order valence-electron chi connectivity index (χ0n) is 9.52. The van der Waals surface area contributed by atoms with E-state index in [1.165, 1.54) is 12.1 Å². The van der Waals surface area contributed by atoms with Gasteiger partial charge in [0, 0.05) is 12.0 Å². The number of benzene rings is 1. The van der Waals surface area contributed by atoms with Gasteiger partial charge in [-0.3, -0.25) is 0 Å². The van der Waals surface area contributed by atoms with Crippen LogP contribution in [0.2, 0.25) is 0 Å². The third kappa shape index (κ3) is 2.34. The minimum Gasteiger partial charge on any atom is -0.248 e. The van der Waals surface area contributed by atoms with Gasteiger partial charge < -0.3 is 0 Å². The third-order valence-electron chi connectivity index (χ3n) is 2.57. The maximum absolute atomic E-state index is 12.8. The van der Waals surface area contributed by atoms with Crippen molar-refractivity contribution in [1.82, 2.24) is 15.0 Å². The highest BCUT2D eigenvalue weighted by atomic mass is 19.1. The molecule has 0 aliphatic rings. The van der Waals surface area contributed by atoms with Crippen molar-refractivity contribution in [3.63, 3.8) is 0 Å². The fourth-order valence-electron chi connectivity index (χ4n) is 1.62. The maximum atomic E-state index is 12.8. The quantitative estimate of drug-likeness (QED) is 0.757. The summed E-state index contributed by atoms with van der Waals surface area (Å²) in [5, 5.41) is 8.12.